The van der Waals surface area contributed by atoms with E-state index < -0.39 is 10.0 Å². The summed E-state index contributed by atoms with van der Waals surface area (Å²) in [5.41, 5.74) is 2.31. The molecule has 2 aromatic carbocycles. The lowest BCUT2D eigenvalue weighted by Crippen LogP contribution is -2.48. The van der Waals surface area contributed by atoms with Crippen LogP contribution in [-0.4, -0.2) is 45.5 Å². The van der Waals surface area contributed by atoms with Crippen LogP contribution in [0, 0.1) is 0 Å². The minimum absolute atomic E-state index is 0. The summed E-state index contributed by atoms with van der Waals surface area (Å²) >= 11 is 0. The number of likely N-dealkylation sites (tertiary alicyclic amines) is 1. The van der Waals surface area contributed by atoms with Crippen LogP contribution in [0.25, 0.3) is 0 Å². The Hall–Kier alpha value is -1.69. The van der Waals surface area contributed by atoms with Crippen LogP contribution in [0.2, 0.25) is 0 Å². The summed E-state index contributed by atoms with van der Waals surface area (Å²) in [5.74, 6) is 0.752. The number of nitrogens with two attached hydrogens (primary N) is 1. The van der Waals surface area contributed by atoms with Crippen molar-refractivity contribution in [3.63, 3.8) is 0 Å². The zero-order chi connectivity index (χ0) is 20.7. The third-order valence-corrected chi connectivity index (χ3v) is 6.04. The highest BCUT2D eigenvalue weighted by Gasteiger charge is 2.20. The molecule has 164 valence electrons. The monoisotopic (exact) mass is 543 g/mol. The standard InChI is InChI=1S/C21H29N5O2S.HI/c1-23-21(24-15-17-7-9-20(10-8-17)29(22,27)28)25-19-11-13-26(14-12-19)16-18-5-3-2-4-6-18;/h2-10,19H,11-16H2,1H3,(H2,22,27,28)(H2,23,24,25);1H. The van der Waals surface area contributed by atoms with E-state index in [1.807, 2.05) is 6.07 Å². The minimum atomic E-state index is -3.66. The summed E-state index contributed by atoms with van der Waals surface area (Å²) in [7, 11) is -1.91. The summed E-state index contributed by atoms with van der Waals surface area (Å²) in [6.07, 6.45) is 2.13. The molecule has 9 heteroatoms. The van der Waals surface area contributed by atoms with Gasteiger partial charge in [0.25, 0.3) is 0 Å². The van der Waals surface area contributed by atoms with Crippen molar-refractivity contribution >= 4 is 40.0 Å². The highest BCUT2D eigenvalue weighted by atomic mass is 127. The molecule has 0 aliphatic carbocycles. The van der Waals surface area contributed by atoms with Crippen LogP contribution in [0.15, 0.2) is 64.5 Å². The van der Waals surface area contributed by atoms with Gasteiger partial charge in [-0.1, -0.05) is 42.5 Å². The second-order valence-corrected chi connectivity index (χ2v) is 8.86. The number of piperidine rings is 1. The fourth-order valence-electron chi connectivity index (χ4n) is 3.45. The van der Waals surface area contributed by atoms with E-state index in [-0.39, 0.29) is 28.9 Å². The maximum absolute atomic E-state index is 11.3. The van der Waals surface area contributed by atoms with E-state index in [1.54, 1.807) is 19.2 Å². The predicted molar refractivity (Wildman–Crippen MR) is 131 cm³/mol. The number of benzene rings is 2. The van der Waals surface area contributed by atoms with Crippen LogP contribution in [0.4, 0.5) is 0 Å². The van der Waals surface area contributed by atoms with Crippen LogP contribution < -0.4 is 15.8 Å². The molecule has 0 radical (unpaired) electrons. The first-order valence-corrected chi connectivity index (χ1v) is 11.3. The molecule has 1 fully saturated rings. The van der Waals surface area contributed by atoms with Crippen molar-refractivity contribution in [1.82, 2.24) is 15.5 Å². The van der Waals surface area contributed by atoms with Crippen molar-refractivity contribution in [2.45, 2.75) is 36.9 Å². The van der Waals surface area contributed by atoms with Crippen LogP contribution in [-0.2, 0) is 23.1 Å². The van der Waals surface area contributed by atoms with Crippen LogP contribution in [0.3, 0.4) is 0 Å². The third kappa shape index (κ3) is 7.53. The number of rotatable bonds is 6. The molecule has 0 aromatic heterocycles. The number of aliphatic imine (C=N–C) groups is 1. The van der Waals surface area contributed by atoms with Gasteiger partial charge in [0.2, 0.25) is 10.0 Å². The molecule has 30 heavy (non-hydrogen) atoms. The van der Waals surface area contributed by atoms with Crippen molar-refractivity contribution in [1.29, 1.82) is 0 Å². The van der Waals surface area contributed by atoms with Crippen molar-refractivity contribution in [2.75, 3.05) is 20.1 Å². The quantitative estimate of drug-likeness (QED) is 0.295. The van der Waals surface area contributed by atoms with Crippen molar-refractivity contribution in [3.8, 4) is 0 Å². The third-order valence-electron chi connectivity index (χ3n) is 5.11. The maximum atomic E-state index is 11.3. The molecular weight excluding hydrogens is 513 g/mol. The lowest BCUT2D eigenvalue weighted by Gasteiger charge is -2.33. The fraction of sp³-hybridized carbons (Fsp3) is 0.381. The van der Waals surface area contributed by atoms with E-state index in [1.165, 1.54) is 17.7 Å². The fourth-order valence-corrected chi connectivity index (χ4v) is 3.96. The Morgan fingerprint density at radius 1 is 1.07 bits per heavy atom. The molecule has 0 amide bonds. The number of nitrogens with zero attached hydrogens (tertiary/aromatic N) is 2. The van der Waals surface area contributed by atoms with Gasteiger partial charge in [-0.15, -0.1) is 24.0 Å². The molecule has 0 spiro atoms. The van der Waals surface area contributed by atoms with Gasteiger partial charge in [-0.3, -0.25) is 9.89 Å². The number of nitrogens with one attached hydrogen (secondary N) is 2. The number of hydrogen-bond donors (Lipinski definition) is 3. The van der Waals surface area contributed by atoms with Gasteiger partial charge in [0, 0.05) is 39.3 Å². The van der Waals surface area contributed by atoms with E-state index >= 15 is 0 Å². The molecule has 0 atom stereocenters. The normalized spacial score (nSPS) is 16.0. The molecular formula is C21H30IN5O2S. The van der Waals surface area contributed by atoms with E-state index in [4.69, 9.17) is 5.14 Å². The summed E-state index contributed by atoms with van der Waals surface area (Å²) in [5, 5.41) is 11.9. The van der Waals surface area contributed by atoms with Gasteiger partial charge in [0.1, 0.15) is 0 Å². The summed E-state index contributed by atoms with van der Waals surface area (Å²) in [4.78, 5) is 6.91. The number of halogens is 1. The molecule has 1 aliphatic rings. The van der Waals surface area contributed by atoms with E-state index in [0.717, 1.165) is 44.0 Å². The Kier molecular flexibility index (Phi) is 9.53. The first-order valence-electron chi connectivity index (χ1n) is 9.79. The number of primary sulfonamides is 1. The Morgan fingerprint density at radius 3 is 2.27 bits per heavy atom. The zero-order valence-corrected chi connectivity index (χ0v) is 20.3. The van der Waals surface area contributed by atoms with Gasteiger partial charge in [0.15, 0.2) is 5.96 Å². The SMILES string of the molecule is CN=C(NCc1ccc(S(N)(=O)=O)cc1)NC1CCN(Cc2ccccc2)CC1.I. The Balaban J connectivity index is 0.00000320. The molecule has 0 unspecified atom stereocenters. The Labute approximate surface area is 196 Å². The first-order chi connectivity index (χ1) is 13.9. The minimum Gasteiger partial charge on any atom is -0.354 e. The lowest BCUT2D eigenvalue weighted by molar-refractivity contribution is 0.198. The first kappa shape index (κ1) is 24.6. The van der Waals surface area contributed by atoms with Crippen molar-refractivity contribution in [3.05, 3.63) is 65.7 Å². The largest absolute Gasteiger partial charge is 0.354 e. The number of guanidine groups is 1. The van der Waals surface area contributed by atoms with Gasteiger partial charge < -0.3 is 10.6 Å². The molecule has 0 saturated carbocycles. The predicted octanol–water partition coefficient (Wildman–Crippen LogP) is 2.28. The van der Waals surface area contributed by atoms with Gasteiger partial charge in [-0.25, -0.2) is 13.6 Å². The summed E-state index contributed by atoms with van der Waals surface area (Å²) in [6, 6.07) is 17.5. The van der Waals surface area contributed by atoms with Gasteiger partial charge >= 0.3 is 0 Å². The maximum Gasteiger partial charge on any atom is 0.238 e. The summed E-state index contributed by atoms with van der Waals surface area (Å²) in [6.45, 7) is 3.66. The molecule has 4 N–H and O–H groups in total. The highest BCUT2D eigenvalue weighted by Crippen LogP contribution is 2.14. The van der Waals surface area contributed by atoms with Crippen molar-refractivity contribution in [2.24, 2.45) is 10.1 Å². The average molecular weight is 543 g/mol. The molecule has 1 aliphatic heterocycles. The van der Waals surface area contributed by atoms with Crippen LogP contribution >= 0.6 is 24.0 Å². The summed E-state index contributed by atoms with van der Waals surface area (Å²) < 4.78 is 22.7. The molecule has 1 saturated heterocycles. The van der Waals surface area contributed by atoms with E-state index in [9.17, 15) is 8.42 Å². The second-order valence-electron chi connectivity index (χ2n) is 7.30. The number of sulfonamides is 1. The van der Waals surface area contributed by atoms with Crippen molar-refractivity contribution < 1.29 is 8.42 Å². The van der Waals surface area contributed by atoms with Gasteiger partial charge in [-0.2, -0.15) is 0 Å². The van der Waals surface area contributed by atoms with Gasteiger partial charge in [0.05, 0.1) is 4.90 Å². The van der Waals surface area contributed by atoms with E-state index in [2.05, 4.69) is 44.8 Å². The van der Waals surface area contributed by atoms with E-state index in [0.29, 0.717) is 12.6 Å². The Bertz CT molecular complexity index is 912. The Morgan fingerprint density at radius 2 is 1.70 bits per heavy atom. The number of hydrogen-bond acceptors (Lipinski definition) is 4. The second kappa shape index (κ2) is 11.6. The highest BCUT2D eigenvalue weighted by molar-refractivity contribution is 14.0. The molecule has 3 rings (SSSR count). The molecule has 1 heterocycles. The molecule has 2 aromatic rings. The lowest BCUT2D eigenvalue weighted by atomic mass is 10.0. The smallest absolute Gasteiger partial charge is 0.238 e. The topological polar surface area (TPSA) is 99.8 Å². The van der Waals surface area contributed by atoms with Crippen LogP contribution in [0.5, 0.6) is 0 Å². The molecule has 7 nitrogen and oxygen atoms in total. The van der Waals surface area contributed by atoms with Crippen LogP contribution in [0.1, 0.15) is 24.0 Å². The molecule has 0 bridgehead atoms. The average Bonchev–Trinajstić information content (AvgIpc) is 2.73. The van der Waals surface area contributed by atoms with Gasteiger partial charge in [-0.05, 0) is 36.1 Å². The zero-order valence-electron chi connectivity index (χ0n) is 17.1.